The minimum Gasteiger partial charge on any atom is -0.493 e. The zero-order valence-electron chi connectivity index (χ0n) is 23.2. The van der Waals surface area contributed by atoms with Crippen molar-refractivity contribution in [1.29, 1.82) is 5.26 Å². The van der Waals surface area contributed by atoms with E-state index in [0.717, 1.165) is 16.0 Å². The number of amides is 2. The smallest absolute Gasteiger partial charge is 0.267 e. The number of alkyl halides is 2. The summed E-state index contributed by atoms with van der Waals surface area (Å²) in [4.78, 5) is 29.4. The van der Waals surface area contributed by atoms with Crippen LogP contribution in [-0.2, 0) is 18.0 Å². The van der Waals surface area contributed by atoms with Gasteiger partial charge in [0.25, 0.3) is 11.8 Å². The molecule has 2 amide bonds. The van der Waals surface area contributed by atoms with Crippen molar-refractivity contribution in [1.82, 2.24) is 9.80 Å². The zero-order valence-corrected chi connectivity index (χ0v) is 23.2. The lowest BCUT2D eigenvalue weighted by molar-refractivity contribution is -0.135. The normalized spacial score (nSPS) is 19.3. The molecule has 42 heavy (non-hydrogen) atoms. The monoisotopic (exact) mass is 575 g/mol. The van der Waals surface area contributed by atoms with Gasteiger partial charge in [-0.2, -0.15) is 5.26 Å². The van der Waals surface area contributed by atoms with E-state index in [9.17, 15) is 23.6 Å². The average Bonchev–Trinajstić information content (AvgIpc) is 3.63. The topological polar surface area (TPSA) is 92.1 Å². The number of nitriles is 1. The third-order valence-electron chi connectivity index (χ3n) is 7.45. The molecule has 0 N–H and O–H groups in total. The maximum Gasteiger partial charge on any atom is 0.267 e. The number of halogens is 2. The molecule has 2 atom stereocenters. The lowest BCUT2D eigenvalue weighted by atomic mass is 10.1. The summed E-state index contributed by atoms with van der Waals surface area (Å²) < 4.78 is 47.2. The van der Waals surface area contributed by atoms with E-state index >= 15 is 0 Å². The number of hydrogen-bond acceptors (Lipinski definition) is 6. The highest BCUT2D eigenvalue weighted by atomic mass is 19.3. The van der Waals surface area contributed by atoms with Gasteiger partial charge in [0, 0.05) is 18.5 Å². The lowest BCUT2D eigenvalue weighted by Crippen LogP contribution is -2.49. The molecule has 5 rings (SSSR count). The summed E-state index contributed by atoms with van der Waals surface area (Å²) in [5, 5.41) is 9.44. The first-order valence-corrected chi connectivity index (χ1v) is 13.7. The van der Waals surface area contributed by atoms with Gasteiger partial charge in [0.1, 0.15) is 25.3 Å². The molecule has 3 aromatic rings. The Labute approximate surface area is 243 Å². The summed E-state index contributed by atoms with van der Waals surface area (Å²) in [5.41, 5.74) is 1.77. The second-order valence-corrected chi connectivity index (χ2v) is 10.4. The van der Waals surface area contributed by atoms with Crippen LogP contribution in [0.4, 0.5) is 8.78 Å². The number of methoxy groups -OCH3 is 1. The van der Waals surface area contributed by atoms with E-state index in [4.69, 9.17) is 14.2 Å². The molecule has 0 radical (unpaired) electrons. The first kappa shape index (κ1) is 28.9. The highest BCUT2D eigenvalue weighted by Gasteiger charge is 2.52. The van der Waals surface area contributed by atoms with Crippen molar-refractivity contribution in [2.45, 2.75) is 50.5 Å². The molecular weight excluding hydrogens is 544 g/mol. The molecule has 2 fully saturated rings. The second-order valence-electron chi connectivity index (χ2n) is 10.4. The Hall–Kier alpha value is -4.65. The van der Waals surface area contributed by atoms with E-state index in [1.54, 1.807) is 0 Å². The van der Waals surface area contributed by atoms with Gasteiger partial charge in [0.15, 0.2) is 11.5 Å². The van der Waals surface area contributed by atoms with E-state index in [2.05, 4.69) is 6.07 Å². The first-order valence-electron chi connectivity index (χ1n) is 13.7. The number of ether oxygens (including phenoxy) is 3. The average molecular weight is 576 g/mol. The minimum absolute atomic E-state index is 0.00993. The first-order chi connectivity index (χ1) is 20.3. The van der Waals surface area contributed by atoms with Crippen molar-refractivity contribution in [2.75, 3.05) is 20.2 Å². The number of carbonyl (C=O) groups excluding carboxylic acids is 2. The number of carbonyl (C=O) groups is 2. The Bertz CT molecular complexity index is 1460. The fourth-order valence-electron chi connectivity index (χ4n) is 5.34. The van der Waals surface area contributed by atoms with Crippen LogP contribution < -0.4 is 14.2 Å². The molecule has 2 heterocycles. The molecule has 3 aromatic carbocycles. The summed E-state index contributed by atoms with van der Waals surface area (Å²) in [6.07, 6.45) is 0.271. The molecule has 0 spiro atoms. The molecule has 218 valence electrons. The van der Waals surface area contributed by atoms with Crippen LogP contribution in [0.5, 0.6) is 17.2 Å². The van der Waals surface area contributed by atoms with Gasteiger partial charge in [-0.15, -0.1) is 0 Å². The van der Waals surface area contributed by atoms with Crippen LogP contribution in [0.15, 0.2) is 72.8 Å². The van der Waals surface area contributed by atoms with Gasteiger partial charge in [-0.05, 0) is 36.1 Å². The van der Waals surface area contributed by atoms with E-state index < -0.39 is 42.8 Å². The number of hydrogen-bond donors (Lipinski definition) is 0. The third-order valence-corrected chi connectivity index (χ3v) is 7.45. The van der Waals surface area contributed by atoms with Crippen LogP contribution in [0.25, 0.3) is 0 Å². The summed E-state index contributed by atoms with van der Waals surface area (Å²) in [6.45, 7) is -0.282. The summed E-state index contributed by atoms with van der Waals surface area (Å²) in [7, 11) is 1.41. The molecule has 0 aliphatic carbocycles. The summed E-state index contributed by atoms with van der Waals surface area (Å²) in [6, 6.07) is 21.7. The molecule has 0 bridgehead atoms. The molecule has 2 saturated heterocycles. The van der Waals surface area contributed by atoms with Gasteiger partial charge < -0.3 is 24.0 Å². The molecule has 10 heteroatoms. The number of benzene rings is 3. The quantitative estimate of drug-likeness (QED) is 0.348. The van der Waals surface area contributed by atoms with Crippen molar-refractivity contribution < 1.29 is 32.6 Å². The van der Waals surface area contributed by atoms with Crippen molar-refractivity contribution in [3.05, 3.63) is 89.5 Å². The van der Waals surface area contributed by atoms with E-state index in [1.165, 1.54) is 24.1 Å². The summed E-state index contributed by atoms with van der Waals surface area (Å²) >= 11 is 0. The standard InChI is InChI=1S/C32H31F2N3O5/c1-40-27-15-24(30(38)37-21-32(33,34)17-26(37)31(39)36-14-8-13-25(36)18-35)16-28(41-19-22-9-4-2-5-10-22)29(27)42-20-23-11-6-3-7-12-23/h2-7,9-12,15-16,25-26H,8,13-14,17,19-21H2,1H3/t25-,26-/m0/s1. The Kier molecular flexibility index (Phi) is 8.57. The second kappa shape index (κ2) is 12.5. The van der Waals surface area contributed by atoms with Crippen LogP contribution >= 0.6 is 0 Å². The lowest BCUT2D eigenvalue weighted by Gasteiger charge is -2.29. The van der Waals surface area contributed by atoms with Gasteiger partial charge in [-0.25, -0.2) is 8.78 Å². The van der Waals surface area contributed by atoms with Gasteiger partial charge in [-0.1, -0.05) is 60.7 Å². The van der Waals surface area contributed by atoms with Crippen molar-refractivity contribution in [3.63, 3.8) is 0 Å². The molecule has 2 aliphatic rings. The zero-order chi connectivity index (χ0) is 29.7. The Morgan fingerprint density at radius 3 is 2.19 bits per heavy atom. The SMILES string of the molecule is COc1cc(C(=O)N2CC(F)(F)C[C@H]2C(=O)N2CCC[C@H]2C#N)cc(OCc2ccccc2)c1OCc1ccccc1. The van der Waals surface area contributed by atoms with Gasteiger partial charge in [0.05, 0.1) is 19.7 Å². The molecule has 0 unspecified atom stereocenters. The van der Waals surface area contributed by atoms with E-state index in [-0.39, 0.29) is 36.0 Å². The maximum atomic E-state index is 14.7. The largest absolute Gasteiger partial charge is 0.493 e. The molecule has 2 aliphatic heterocycles. The fourth-order valence-corrected chi connectivity index (χ4v) is 5.34. The van der Waals surface area contributed by atoms with Crippen LogP contribution in [0.2, 0.25) is 0 Å². The highest BCUT2D eigenvalue weighted by molar-refractivity contribution is 5.99. The van der Waals surface area contributed by atoms with Gasteiger partial charge >= 0.3 is 0 Å². The number of likely N-dealkylation sites (tertiary alicyclic amines) is 2. The Morgan fingerprint density at radius 2 is 1.57 bits per heavy atom. The van der Waals surface area contributed by atoms with E-state index in [1.807, 2.05) is 60.7 Å². The Morgan fingerprint density at radius 1 is 0.952 bits per heavy atom. The predicted octanol–water partition coefficient (Wildman–Crippen LogP) is 5.22. The maximum absolute atomic E-state index is 14.7. The molecular formula is C32H31F2N3O5. The molecule has 0 saturated carbocycles. The van der Waals surface area contributed by atoms with Crippen LogP contribution in [-0.4, -0.2) is 59.8 Å². The highest BCUT2D eigenvalue weighted by Crippen LogP contribution is 2.41. The molecule has 8 nitrogen and oxygen atoms in total. The van der Waals surface area contributed by atoms with Crippen molar-refractivity contribution in [2.24, 2.45) is 0 Å². The minimum atomic E-state index is -3.26. The number of nitrogens with zero attached hydrogens (tertiary/aromatic N) is 3. The van der Waals surface area contributed by atoms with Crippen LogP contribution in [0.1, 0.15) is 40.7 Å². The van der Waals surface area contributed by atoms with Crippen LogP contribution in [0, 0.1) is 11.3 Å². The van der Waals surface area contributed by atoms with Gasteiger partial charge in [-0.3, -0.25) is 9.59 Å². The predicted molar refractivity (Wildman–Crippen MR) is 149 cm³/mol. The number of rotatable bonds is 9. The van der Waals surface area contributed by atoms with Crippen molar-refractivity contribution >= 4 is 11.8 Å². The van der Waals surface area contributed by atoms with Crippen molar-refractivity contribution in [3.8, 4) is 23.3 Å². The fraction of sp³-hybridized carbons (Fsp3) is 0.344. The summed E-state index contributed by atoms with van der Waals surface area (Å²) in [5.74, 6) is -4.04. The van der Waals surface area contributed by atoms with E-state index in [0.29, 0.717) is 19.4 Å². The Balaban J connectivity index is 1.47. The van der Waals surface area contributed by atoms with Crippen LogP contribution in [0.3, 0.4) is 0 Å². The molecule has 0 aromatic heterocycles. The van der Waals surface area contributed by atoms with Gasteiger partial charge in [0.2, 0.25) is 11.7 Å². The third kappa shape index (κ3) is 6.30.